The highest BCUT2D eigenvalue weighted by Crippen LogP contribution is 2.26. The summed E-state index contributed by atoms with van der Waals surface area (Å²) in [5.74, 6) is 0. The number of imidazole rings is 1. The van der Waals surface area contributed by atoms with Gasteiger partial charge in [-0.05, 0) is 35.4 Å². The van der Waals surface area contributed by atoms with Gasteiger partial charge in [-0.3, -0.25) is 0 Å². The van der Waals surface area contributed by atoms with Gasteiger partial charge in [0.15, 0.2) is 5.65 Å². The van der Waals surface area contributed by atoms with Gasteiger partial charge >= 0.3 is 0 Å². The molecule has 0 saturated heterocycles. The number of aryl methyl sites for hydroxylation is 1. The van der Waals surface area contributed by atoms with Crippen molar-refractivity contribution < 1.29 is 0 Å². The maximum Gasteiger partial charge on any atom is 0.160 e. The van der Waals surface area contributed by atoms with Crippen LogP contribution in [0.1, 0.15) is 5.56 Å². The van der Waals surface area contributed by atoms with Gasteiger partial charge < -0.3 is 10.1 Å². The standard InChI is InChI=1S/C18H15N3/c1-12-8-16(19)18-20-17(11-21(18)10-12)15-7-6-13-4-2-3-5-14(13)9-15/h2-11H,19H2,1H3. The van der Waals surface area contributed by atoms with Gasteiger partial charge in [-0.25, -0.2) is 4.98 Å². The fraction of sp³-hybridized carbons (Fsp3) is 0.0556. The molecule has 0 unspecified atom stereocenters. The number of anilines is 1. The summed E-state index contributed by atoms with van der Waals surface area (Å²) in [6.45, 7) is 2.03. The molecule has 102 valence electrons. The molecule has 0 aliphatic heterocycles. The van der Waals surface area contributed by atoms with Crippen LogP contribution in [0.3, 0.4) is 0 Å². The van der Waals surface area contributed by atoms with Gasteiger partial charge in [0.25, 0.3) is 0 Å². The van der Waals surface area contributed by atoms with E-state index in [9.17, 15) is 0 Å². The molecule has 3 nitrogen and oxygen atoms in total. The Morgan fingerprint density at radius 2 is 1.76 bits per heavy atom. The van der Waals surface area contributed by atoms with Gasteiger partial charge in [0.1, 0.15) is 0 Å². The Kier molecular flexibility index (Phi) is 2.48. The molecule has 0 saturated carbocycles. The van der Waals surface area contributed by atoms with Crippen LogP contribution in [-0.4, -0.2) is 9.38 Å². The van der Waals surface area contributed by atoms with Crippen molar-refractivity contribution in [1.82, 2.24) is 9.38 Å². The summed E-state index contributed by atoms with van der Waals surface area (Å²) >= 11 is 0. The number of aromatic nitrogens is 2. The molecule has 0 aliphatic carbocycles. The van der Waals surface area contributed by atoms with Crippen molar-refractivity contribution in [1.29, 1.82) is 0 Å². The molecule has 2 heterocycles. The van der Waals surface area contributed by atoms with Crippen molar-refractivity contribution in [3.8, 4) is 11.3 Å². The van der Waals surface area contributed by atoms with E-state index < -0.39 is 0 Å². The topological polar surface area (TPSA) is 43.3 Å². The Morgan fingerprint density at radius 3 is 2.62 bits per heavy atom. The second-order valence-corrected chi connectivity index (χ2v) is 5.39. The van der Waals surface area contributed by atoms with Crippen molar-refractivity contribution in [3.63, 3.8) is 0 Å². The van der Waals surface area contributed by atoms with Crippen LogP contribution in [0.5, 0.6) is 0 Å². The molecule has 0 atom stereocenters. The summed E-state index contributed by atoms with van der Waals surface area (Å²) in [5, 5.41) is 2.46. The van der Waals surface area contributed by atoms with E-state index in [1.165, 1.54) is 10.8 Å². The zero-order chi connectivity index (χ0) is 14.4. The maximum absolute atomic E-state index is 6.06. The van der Waals surface area contributed by atoms with Crippen LogP contribution in [-0.2, 0) is 0 Å². The van der Waals surface area contributed by atoms with Gasteiger partial charge in [-0.1, -0.05) is 36.4 Å². The predicted octanol–water partition coefficient (Wildman–Crippen LogP) is 4.05. The summed E-state index contributed by atoms with van der Waals surface area (Å²) in [6, 6.07) is 16.7. The van der Waals surface area contributed by atoms with E-state index in [1.54, 1.807) is 0 Å². The third kappa shape index (κ3) is 1.94. The van der Waals surface area contributed by atoms with Crippen LogP contribution in [0.2, 0.25) is 0 Å². The molecule has 2 N–H and O–H groups in total. The minimum Gasteiger partial charge on any atom is -0.396 e. The maximum atomic E-state index is 6.06. The van der Waals surface area contributed by atoms with Crippen molar-refractivity contribution in [2.45, 2.75) is 6.92 Å². The molecule has 0 bridgehead atoms. The lowest BCUT2D eigenvalue weighted by Gasteiger charge is -2.00. The molecule has 0 aliphatic rings. The summed E-state index contributed by atoms with van der Waals surface area (Å²) in [7, 11) is 0. The number of rotatable bonds is 1. The largest absolute Gasteiger partial charge is 0.396 e. The average molecular weight is 273 g/mol. The summed E-state index contributed by atoms with van der Waals surface area (Å²) in [6.07, 6.45) is 4.08. The first-order chi connectivity index (χ1) is 10.2. The van der Waals surface area contributed by atoms with Gasteiger partial charge in [0.2, 0.25) is 0 Å². The zero-order valence-corrected chi connectivity index (χ0v) is 11.7. The third-order valence-corrected chi connectivity index (χ3v) is 3.76. The van der Waals surface area contributed by atoms with E-state index in [0.717, 1.165) is 22.5 Å². The van der Waals surface area contributed by atoms with E-state index in [0.29, 0.717) is 5.69 Å². The highest BCUT2D eigenvalue weighted by Gasteiger charge is 2.08. The van der Waals surface area contributed by atoms with Gasteiger partial charge in [-0.15, -0.1) is 0 Å². The number of nitrogens with zero attached hydrogens (tertiary/aromatic N) is 2. The van der Waals surface area contributed by atoms with Crippen LogP contribution in [0.4, 0.5) is 5.69 Å². The molecule has 0 amide bonds. The first kappa shape index (κ1) is 12.0. The number of fused-ring (bicyclic) bond motifs is 2. The Bertz CT molecular complexity index is 967. The molecule has 0 spiro atoms. The van der Waals surface area contributed by atoms with Crippen molar-refractivity contribution in [2.24, 2.45) is 0 Å². The third-order valence-electron chi connectivity index (χ3n) is 3.76. The normalized spacial score (nSPS) is 11.3. The SMILES string of the molecule is Cc1cc(N)c2nc(-c3ccc4ccccc4c3)cn2c1. The first-order valence-corrected chi connectivity index (χ1v) is 6.95. The monoisotopic (exact) mass is 273 g/mol. The molecular weight excluding hydrogens is 258 g/mol. The Balaban J connectivity index is 1.93. The molecule has 0 radical (unpaired) electrons. The molecule has 4 aromatic rings. The lowest BCUT2D eigenvalue weighted by Crippen LogP contribution is -1.93. The van der Waals surface area contributed by atoms with Crippen LogP contribution in [0.25, 0.3) is 27.7 Å². The van der Waals surface area contributed by atoms with E-state index in [4.69, 9.17) is 5.73 Å². The van der Waals surface area contributed by atoms with Crippen LogP contribution in [0, 0.1) is 6.92 Å². The molecule has 3 heteroatoms. The molecule has 4 rings (SSSR count). The lowest BCUT2D eigenvalue weighted by atomic mass is 10.1. The number of hydrogen-bond donors (Lipinski definition) is 1. The zero-order valence-electron chi connectivity index (χ0n) is 11.7. The lowest BCUT2D eigenvalue weighted by molar-refractivity contribution is 1.16. The Morgan fingerprint density at radius 1 is 0.952 bits per heavy atom. The number of hydrogen-bond acceptors (Lipinski definition) is 2. The summed E-state index contributed by atoms with van der Waals surface area (Å²) in [4.78, 5) is 4.67. The van der Waals surface area contributed by atoms with Gasteiger partial charge in [-0.2, -0.15) is 0 Å². The van der Waals surface area contributed by atoms with E-state index in [-0.39, 0.29) is 0 Å². The van der Waals surface area contributed by atoms with Gasteiger partial charge in [0, 0.05) is 18.0 Å². The van der Waals surface area contributed by atoms with Crippen LogP contribution < -0.4 is 5.73 Å². The smallest absolute Gasteiger partial charge is 0.160 e. The second kappa shape index (κ2) is 4.35. The Hall–Kier alpha value is -2.81. The minimum atomic E-state index is 0.710. The number of pyridine rings is 1. The predicted molar refractivity (Wildman–Crippen MR) is 87.3 cm³/mol. The van der Waals surface area contributed by atoms with Crippen LogP contribution in [0.15, 0.2) is 60.9 Å². The number of nitrogens with two attached hydrogens (primary N) is 1. The van der Waals surface area contributed by atoms with E-state index >= 15 is 0 Å². The molecule has 0 fully saturated rings. The van der Waals surface area contributed by atoms with E-state index in [2.05, 4.69) is 47.4 Å². The van der Waals surface area contributed by atoms with Crippen LogP contribution >= 0.6 is 0 Å². The van der Waals surface area contributed by atoms with Gasteiger partial charge in [0.05, 0.1) is 11.4 Å². The summed E-state index contributed by atoms with van der Waals surface area (Å²) in [5.41, 5.74) is 10.8. The number of benzene rings is 2. The van der Waals surface area contributed by atoms with E-state index in [1.807, 2.05) is 29.8 Å². The van der Waals surface area contributed by atoms with Crippen molar-refractivity contribution >= 4 is 22.1 Å². The summed E-state index contributed by atoms with van der Waals surface area (Å²) < 4.78 is 2.00. The Labute approximate surface area is 122 Å². The minimum absolute atomic E-state index is 0.710. The molecular formula is C18H15N3. The van der Waals surface area contributed by atoms with Crippen molar-refractivity contribution in [3.05, 3.63) is 66.5 Å². The fourth-order valence-corrected chi connectivity index (χ4v) is 2.76. The highest BCUT2D eigenvalue weighted by molar-refractivity contribution is 5.87. The fourth-order valence-electron chi connectivity index (χ4n) is 2.76. The number of nitrogen functional groups attached to an aromatic ring is 1. The molecule has 21 heavy (non-hydrogen) atoms. The highest BCUT2D eigenvalue weighted by atomic mass is 15.0. The second-order valence-electron chi connectivity index (χ2n) is 5.39. The first-order valence-electron chi connectivity index (χ1n) is 6.95. The quantitative estimate of drug-likeness (QED) is 0.568. The average Bonchev–Trinajstić information content (AvgIpc) is 2.91. The molecule has 2 aromatic carbocycles. The molecule has 2 aromatic heterocycles. The van der Waals surface area contributed by atoms with Crippen molar-refractivity contribution in [2.75, 3.05) is 5.73 Å².